The van der Waals surface area contributed by atoms with Gasteiger partial charge in [-0.3, -0.25) is 19.2 Å². The fourth-order valence-electron chi connectivity index (χ4n) is 11.2. The summed E-state index contributed by atoms with van der Waals surface area (Å²) in [6.07, 6.45) is 17.6. The number of allylic oxidation sites excluding steroid dienone is 2. The zero-order chi connectivity index (χ0) is 40.1. The number of nitrogens with zero attached hydrogens (tertiary/aromatic N) is 1. The highest BCUT2D eigenvalue weighted by Gasteiger charge is 2.50. The number of amides is 3. The van der Waals surface area contributed by atoms with Gasteiger partial charge in [0.1, 0.15) is 12.1 Å². The molecule has 4 saturated carbocycles. The average molecular weight is 769 g/mol. The summed E-state index contributed by atoms with van der Waals surface area (Å²) in [5.74, 6) is 1.59. The Labute approximate surface area is 335 Å². The van der Waals surface area contributed by atoms with Crippen molar-refractivity contribution >= 4 is 23.5 Å². The second-order valence-corrected chi connectivity index (χ2v) is 18.7. The third-order valence-corrected chi connectivity index (χ3v) is 14.0. The number of ketones is 1. The van der Waals surface area contributed by atoms with Gasteiger partial charge >= 0.3 is 0 Å². The molecule has 1 unspecified atom stereocenters. The Hall–Kier alpha value is -3.56. The number of Topliss-reactive ketones (excluding diaryl/α,β-unsaturated/α-hetero) is 1. The summed E-state index contributed by atoms with van der Waals surface area (Å²) < 4.78 is 0. The number of aliphatic hydroxyl groups is 1. The third kappa shape index (κ3) is 9.93. The Morgan fingerprint density at radius 2 is 1.59 bits per heavy atom. The van der Waals surface area contributed by atoms with E-state index in [2.05, 4.69) is 10.6 Å². The first-order valence-electron chi connectivity index (χ1n) is 21.7. The fourth-order valence-corrected chi connectivity index (χ4v) is 11.2. The predicted molar refractivity (Wildman–Crippen MR) is 221 cm³/mol. The van der Waals surface area contributed by atoms with Crippen LogP contribution in [0.4, 0.5) is 0 Å². The van der Waals surface area contributed by atoms with Crippen LogP contribution in [0, 0.1) is 29.1 Å². The molecule has 3 amide bonds. The van der Waals surface area contributed by atoms with Gasteiger partial charge in [0, 0.05) is 24.2 Å². The van der Waals surface area contributed by atoms with Gasteiger partial charge in [0.05, 0.1) is 12.0 Å². The van der Waals surface area contributed by atoms with Gasteiger partial charge in [-0.25, -0.2) is 0 Å². The molecule has 1 aliphatic heterocycles. The second-order valence-electron chi connectivity index (χ2n) is 18.7. The number of carbonyl (C=O) groups is 4. The lowest BCUT2D eigenvalue weighted by atomic mass is 9.48. The number of hydrogen-bond acceptors (Lipinski definition) is 6. The number of likely N-dealkylation sites (tertiary alicyclic amines) is 1. The maximum Gasteiger partial charge on any atom is 0.243 e. The van der Waals surface area contributed by atoms with Crippen LogP contribution in [0.5, 0.6) is 0 Å². The highest BCUT2D eigenvalue weighted by Crippen LogP contribution is 2.61. The number of nitrogens with one attached hydrogen (secondary N) is 2. The van der Waals surface area contributed by atoms with Crippen LogP contribution < -0.4 is 16.4 Å². The number of benzene rings is 1. The molecule has 6 aliphatic rings. The van der Waals surface area contributed by atoms with Crippen LogP contribution in [0.2, 0.25) is 0 Å². The van der Waals surface area contributed by atoms with Crippen molar-refractivity contribution in [2.24, 2.45) is 34.8 Å². The number of carbonyl (C=O) groups excluding carboxylic acids is 4. The van der Waals surface area contributed by atoms with Crippen LogP contribution in [0.15, 0.2) is 64.8 Å². The van der Waals surface area contributed by atoms with Gasteiger partial charge in [-0.2, -0.15) is 0 Å². The normalized spacial score (nSPS) is 29.0. The van der Waals surface area contributed by atoms with Crippen LogP contribution in [0.1, 0.15) is 130 Å². The van der Waals surface area contributed by atoms with Crippen molar-refractivity contribution in [1.29, 1.82) is 0 Å². The molecule has 9 heteroatoms. The quantitative estimate of drug-likeness (QED) is 0.101. The molecule has 4 bridgehead atoms. The Balaban J connectivity index is 1.09. The fraction of sp³-hybridized carbons (Fsp3) is 0.660. The lowest BCUT2D eigenvalue weighted by Gasteiger charge is -2.57. The summed E-state index contributed by atoms with van der Waals surface area (Å²) in [4.78, 5) is 56.6. The molecule has 5 atom stereocenters. The van der Waals surface area contributed by atoms with Gasteiger partial charge in [-0.1, -0.05) is 48.9 Å². The maximum absolute atomic E-state index is 14.4. The second kappa shape index (κ2) is 18.4. The third-order valence-electron chi connectivity index (χ3n) is 14.0. The van der Waals surface area contributed by atoms with Crippen molar-refractivity contribution in [2.45, 2.75) is 161 Å². The van der Waals surface area contributed by atoms with E-state index in [0.29, 0.717) is 79.2 Å². The highest BCUT2D eigenvalue weighted by molar-refractivity contribution is 6.10. The molecule has 1 saturated heterocycles. The van der Waals surface area contributed by atoms with Gasteiger partial charge in [-0.15, -0.1) is 0 Å². The molecule has 0 aromatic heterocycles. The first kappa shape index (κ1) is 42.1. The van der Waals surface area contributed by atoms with Crippen LogP contribution in [-0.4, -0.2) is 70.3 Å². The topological polar surface area (TPSA) is 142 Å². The van der Waals surface area contributed by atoms with Crippen molar-refractivity contribution in [3.8, 4) is 0 Å². The minimum atomic E-state index is -0.777. The molecular weight excluding hydrogens is 701 g/mol. The minimum absolute atomic E-state index is 0.0291. The molecule has 9 nitrogen and oxygen atoms in total. The van der Waals surface area contributed by atoms with E-state index >= 15 is 0 Å². The molecular formula is C47H68N4O5. The summed E-state index contributed by atoms with van der Waals surface area (Å²) in [6.45, 7) is 9.61. The number of unbranched alkanes of at least 4 members (excludes halogenated alkanes) is 1. The van der Waals surface area contributed by atoms with E-state index in [1.54, 1.807) is 25.7 Å². The summed E-state index contributed by atoms with van der Waals surface area (Å²) in [6, 6.07) is 8.34. The first-order valence-corrected chi connectivity index (χ1v) is 21.7. The van der Waals surface area contributed by atoms with E-state index in [1.807, 2.05) is 56.3 Å². The summed E-state index contributed by atoms with van der Waals surface area (Å²) >= 11 is 0. The van der Waals surface area contributed by atoms with Crippen molar-refractivity contribution in [2.75, 3.05) is 6.54 Å². The Morgan fingerprint density at radius 1 is 0.929 bits per heavy atom. The van der Waals surface area contributed by atoms with Crippen molar-refractivity contribution in [3.63, 3.8) is 0 Å². The van der Waals surface area contributed by atoms with Crippen molar-refractivity contribution in [3.05, 3.63) is 70.3 Å². The molecule has 7 rings (SSSR count). The van der Waals surface area contributed by atoms with Crippen molar-refractivity contribution in [1.82, 2.24) is 15.5 Å². The molecule has 1 heterocycles. The van der Waals surface area contributed by atoms with Gasteiger partial charge in [0.2, 0.25) is 17.7 Å². The zero-order valence-electron chi connectivity index (χ0n) is 34.7. The standard InChI is InChI=1S/C47H68N4O5/c1-29(2)49-44(54)40(15-10-9-14-39-32(5)42(52)30(3)31(4)43(39)53)50-45(55)41-16-11-21-51(41)46(56)37(25-33-12-7-6-8-13-33)17-18-38(48)19-20-47-26-34-22-35(27-47)24-36(23-34)28-47/h6-8,12-13,17-18,29,34-38,40-42,52H,9-11,14-16,19-28,48H2,1-5H3,(H,49,54)(H,50,55)/b18-17+/t34?,35?,36?,37-,38-,40+,41+,42?,47?/m1/s1. The monoisotopic (exact) mass is 769 g/mol. The minimum Gasteiger partial charge on any atom is -0.384 e. The Kier molecular flexibility index (Phi) is 13.8. The van der Waals surface area contributed by atoms with Crippen molar-refractivity contribution < 1.29 is 24.3 Å². The summed E-state index contributed by atoms with van der Waals surface area (Å²) in [5, 5.41) is 16.6. The number of nitrogens with two attached hydrogens (primary N) is 1. The SMILES string of the molecule is CC1=C(C)C(O)C(C)=C(CCCC[C@H](NC(=O)[C@@H]2CCCN2C(=O)[C@H](/C=C/[C@@H](N)CCC23CC4CC(CC(C4)C2)C3)Cc2ccccc2)C(=O)NC(C)C)C1=O. The van der Waals surface area contributed by atoms with E-state index in [4.69, 9.17) is 5.73 Å². The summed E-state index contributed by atoms with van der Waals surface area (Å²) in [5.41, 5.74) is 10.9. The van der Waals surface area contributed by atoms with E-state index in [1.165, 1.54) is 38.5 Å². The maximum atomic E-state index is 14.4. The van der Waals surface area contributed by atoms with Gasteiger partial charge < -0.3 is 26.4 Å². The summed E-state index contributed by atoms with van der Waals surface area (Å²) in [7, 11) is 0. The van der Waals surface area contributed by atoms with Crippen LogP contribution in [-0.2, 0) is 25.6 Å². The Morgan fingerprint density at radius 3 is 2.23 bits per heavy atom. The Bertz CT molecular complexity index is 1660. The molecule has 5 aliphatic carbocycles. The predicted octanol–water partition coefficient (Wildman–Crippen LogP) is 6.88. The average Bonchev–Trinajstić information content (AvgIpc) is 3.66. The molecule has 1 aromatic rings. The molecule has 1 aromatic carbocycles. The largest absolute Gasteiger partial charge is 0.384 e. The van der Waals surface area contributed by atoms with Crippen LogP contribution >= 0.6 is 0 Å². The number of hydrogen-bond donors (Lipinski definition) is 4. The van der Waals surface area contributed by atoms with E-state index in [-0.39, 0.29) is 35.6 Å². The van der Waals surface area contributed by atoms with Gasteiger partial charge in [0.25, 0.3) is 0 Å². The molecule has 5 fully saturated rings. The zero-order valence-corrected chi connectivity index (χ0v) is 34.7. The molecule has 0 spiro atoms. The number of rotatable bonds is 17. The van der Waals surface area contributed by atoms with Gasteiger partial charge in [0.15, 0.2) is 5.78 Å². The molecule has 306 valence electrons. The van der Waals surface area contributed by atoms with Gasteiger partial charge in [-0.05, 0) is 170 Å². The lowest BCUT2D eigenvalue weighted by Crippen LogP contribution is -2.54. The molecule has 56 heavy (non-hydrogen) atoms. The van der Waals surface area contributed by atoms with Crippen LogP contribution in [0.3, 0.4) is 0 Å². The number of aliphatic hydroxyl groups excluding tert-OH is 1. The lowest BCUT2D eigenvalue weighted by molar-refractivity contribution is -0.141. The molecule has 0 radical (unpaired) electrons. The van der Waals surface area contributed by atoms with E-state index in [9.17, 15) is 24.3 Å². The van der Waals surface area contributed by atoms with E-state index in [0.717, 1.165) is 36.2 Å². The van der Waals surface area contributed by atoms with E-state index < -0.39 is 24.1 Å². The molecule has 5 N–H and O–H groups in total. The van der Waals surface area contributed by atoms with Crippen LogP contribution in [0.25, 0.3) is 0 Å². The highest BCUT2D eigenvalue weighted by atomic mass is 16.3. The first-order chi connectivity index (χ1) is 26.7. The smallest absolute Gasteiger partial charge is 0.243 e.